The van der Waals surface area contributed by atoms with Crippen molar-refractivity contribution in [3.8, 4) is 0 Å². The molecule has 0 amide bonds. The third-order valence-electron chi connectivity index (χ3n) is 2.72. The Balaban J connectivity index is 0.00000112. The average Bonchev–Trinajstić information content (AvgIpc) is 2.56. The third kappa shape index (κ3) is 3.61. The molecule has 1 saturated heterocycles. The second-order valence-electron chi connectivity index (χ2n) is 3.83. The fourth-order valence-corrected chi connectivity index (χ4v) is 2.70. The summed E-state index contributed by atoms with van der Waals surface area (Å²) in [6.45, 7) is 3.19. The van der Waals surface area contributed by atoms with Gasteiger partial charge in [-0.1, -0.05) is 11.6 Å². The summed E-state index contributed by atoms with van der Waals surface area (Å²) >= 11 is 7.66. The molecule has 0 radical (unpaired) electrons. The van der Waals surface area contributed by atoms with Crippen LogP contribution in [0.3, 0.4) is 0 Å². The van der Waals surface area contributed by atoms with Gasteiger partial charge in [-0.3, -0.25) is 4.90 Å². The molecule has 5 heteroatoms. The van der Waals surface area contributed by atoms with Gasteiger partial charge in [0.1, 0.15) is 0 Å². The molecule has 1 fully saturated rings. The molecule has 0 aliphatic carbocycles. The molecular weight excluding hydrogens is 251 g/mol. The van der Waals surface area contributed by atoms with Gasteiger partial charge in [-0.15, -0.1) is 23.7 Å². The molecule has 1 aromatic heterocycles. The molecule has 15 heavy (non-hydrogen) atoms. The molecule has 0 spiro atoms. The molecule has 2 N–H and O–H groups in total. The van der Waals surface area contributed by atoms with E-state index in [-0.39, 0.29) is 12.4 Å². The van der Waals surface area contributed by atoms with Gasteiger partial charge in [-0.05, 0) is 42.9 Å². The number of hydrogen-bond donors (Lipinski definition) is 1. The molecule has 1 aliphatic heterocycles. The monoisotopic (exact) mass is 266 g/mol. The zero-order valence-electron chi connectivity index (χ0n) is 8.49. The minimum atomic E-state index is 0. The van der Waals surface area contributed by atoms with E-state index in [9.17, 15) is 0 Å². The summed E-state index contributed by atoms with van der Waals surface area (Å²) in [5.41, 5.74) is 7.11. The van der Waals surface area contributed by atoms with Gasteiger partial charge in [0, 0.05) is 12.6 Å². The van der Waals surface area contributed by atoms with Gasteiger partial charge in [-0.25, -0.2) is 0 Å². The minimum Gasteiger partial charge on any atom is -0.328 e. The summed E-state index contributed by atoms with van der Waals surface area (Å²) in [6, 6.07) is 2.52. The molecule has 1 aliphatic rings. The number of likely N-dealkylation sites (tertiary alicyclic amines) is 1. The summed E-state index contributed by atoms with van der Waals surface area (Å²) in [6.07, 6.45) is 2.23. The van der Waals surface area contributed by atoms with Crippen molar-refractivity contribution in [2.45, 2.75) is 25.4 Å². The highest BCUT2D eigenvalue weighted by atomic mass is 35.5. The van der Waals surface area contributed by atoms with Crippen LogP contribution in [0.1, 0.15) is 18.4 Å². The van der Waals surface area contributed by atoms with Crippen molar-refractivity contribution in [2.24, 2.45) is 5.73 Å². The maximum Gasteiger partial charge on any atom is 0.0973 e. The van der Waals surface area contributed by atoms with Crippen LogP contribution in [0, 0.1) is 0 Å². The normalized spacial score (nSPS) is 18.8. The largest absolute Gasteiger partial charge is 0.328 e. The molecule has 2 rings (SSSR count). The lowest BCUT2D eigenvalue weighted by Gasteiger charge is -2.29. The number of piperidine rings is 1. The second-order valence-corrected chi connectivity index (χ2v) is 5.35. The first kappa shape index (κ1) is 13.3. The van der Waals surface area contributed by atoms with E-state index >= 15 is 0 Å². The Labute approximate surface area is 106 Å². The molecule has 2 heterocycles. The zero-order valence-corrected chi connectivity index (χ0v) is 10.9. The van der Waals surface area contributed by atoms with Crippen molar-refractivity contribution in [1.29, 1.82) is 0 Å². The second kappa shape index (κ2) is 6.06. The van der Waals surface area contributed by atoms with Crippen LogP contribution in [0.25, 0.3) is 0 Å². The van der Waals surface area contributed by atoms with E-state index in [0.717, 1.165) is 36.8 Å². The highest BCUT2D eigenvalue weighted by molar-refractivity contribution is 7.14. The van der Waals surface area contributed by atoms with E-state index in [0.29, 0.717) is 6.04 Å². The van der Waals surface area contributed by atoms with Crippen molar-refractivity contribution in [2.75, 3.05) is 13.1 Å². The minimum absolute atomic E-state index is 0. The Hall–Kier alpha value is 0.200. The highest BCUT2D eigenvalue weighted by Gasteiger charge is 2.16. The maximum atomic E-state index is 6.05. The molecule has 0 atom stereocenters. The molecule has 2 nitrogen and oxygen atoms in total. The topological polar surface area (TPSA) is 29.3 Å². The van der Waals surface area contributed by atoms with E-state index in [1.165, 1.54) is 5.56 Å². The lowest BCUT2D eigenvalue weighted by molar-refractivity contribution is 0.206. The Morgan fingerprint density at radius 2 is 2.13 bits per heavy atom. The zero-order chi connectivity index (χ0) is 9.97. The molecular formula is C10H16Cl2N2S. The SMILES string of the molecule is Cl.NC1CCN(Cc2ccsc2Cl)CC1. The van der Waals surface area contributed by atoms with Crippen LogP contribution in [0.5, 0.6) is 0 Å². The number of halogens is 2. The molecule has 0 unspecified atom stereocenters. The van der Waals surface area contributed by atoms with Crippen molar-refractivity contribution in [1.82, 2.24) is 4.90 Å². The van der Waals surface area contributed by atoms with Crippen molar-refractivity contribution in [3.63, 3.8) is 0 Å². The lowest BCUT2D eigenvalue weighted by Crippen LogP contribution is -2.39. The number of rotatable bonds is 2. The lowest BCUT2D eigenvalue weighted by atomic mass is 10.1. The van der Waals surface area contributed by atoms with E-state index in [2.05, 4.69) is 11.0 Å². The molecule has 0 aromatic carbocycles. The van der Waals surface area contributed by atoms with Gasteiger partial charge in [0.2, 0.25) is 0 Å². The fourth-order valence-electron chi connectivity index (χ4n) is 1.78. The van der Waals surface area contributed by atoms with Crippen LogP contribution in [0.15, 0.2) is 11.4 Å². The molecule has 0 saturated carbocycles. The van der Waals surface area contributed by atoms with Crippen molar-refractivity contribution >= 4 is 35.3 Å². The van der Waals surface area contributed by atoms with Crippen LogP contribution in [-0.4, -0.2) is 24.0 Å². The molecule has 86 valence electrons. The molecule has 1 aromatic rings. The standard InChI is InChI=1S/C10H15ClN2S.ClH/c11-10-8(3-6-14-10)7-13-4-1-9(12)2-5-13;/h3,6,9H,1-2,4-5,7,12H2;1H. The smallest absolute Gasteiger partial charge is 0.0973 e. The molecule has 0 bridgehead atoms. The number of hydrogen-bond acceptors (Lipinski definition) is 3. The van der Waals surface area contributed by atoms with Gasteiger partial charge in [0.15, 0.2) is 0 Å². The fraction of sp³-hybridized carbons (Fsp3) is 0.600. The van der Waals surface area contributed by atoms with Gasteiger partial charge in [-0.2, -0.15) is 0 Å². The van der Waals surface area contributed by atoms with Gasteiger partial charge in [0.05, 0.1) is 4.34 Å². The first-order chi connectivity index (χ1) is 6.75. The maximum absolute atomic E-state index is 6.05. The van der Waals surface area contributed by atoms with Crippen molar-refractivity contribution in [3.05, 3.63) is 21.3 Å². The van der Waals surface area contributed by atoms with Gasteiger partial charge < -0.3 is 5.73 Å². The van der Waals surface area contributed by atoms with Crippen molar-refractivity contribution < 1.29 is 0 Å². The number of nitrogens with two attached hydrogens (primary N) is 1. The number of thiophene rings is 1. The first-order valence-electron chi connectivity index (χ1n) is 4.95. The Bertz CT molecular complexity index is 295. The average molecular weight is 267 g/mol. The Morgan fingerprint density at radius 3 is 2.67 bits per heavy atom. The van der Waals surface area contributed by atoms with E-state index < -0.39 is 0 Å². The predicted octanol–water partition coefficient (Wildman–Crippen LogP) is 2.75. The summed E-state index contributed by atoms with van der Waals surface area (Å²) in [5.74, 6) is 0. The third-order valence-corrected chi connectivity index (χ3v) is 3.97. The first-order valence-corrected chi connectivity index (χ1v) is 6.21. The number of nitrogens with zero attached hydrogens (tertiary/aromatic N) is 1. The highest BCUT2D eigenvalue weighted by Crippen LogP contribution is 2.24. The van der Waals surface area contributed by atoms with Crippen LogP contribution < -0.4 is 5.73 Å². The predicted molar refractivity (Wildman–Crippen MR) is 69.1 cm³/mol. The summed E-state index contributed by atoms with van der Waals surface area (Å²) in [5, 5.41) is 2.05. The van der Waals surface area contributed by atoms with Gasteiger partial charge >= 0.3 is 0 Å². The van der Waals surface area contributed by atoms with E-state index in [4.69, 9.17) is 17.3 Å². The van der Waals surface area contributed by atoms with Crippen LogP contribution >= 0.6 is 35.3 Å². The van der Waals surface area contributed by atoms with Gasteiger partial charge in [0.25, 0.3) is 0 Å². The van der Waals surface area contributed by atoms with Crippen LogP contribution in [0.4, 0.5) is 0 Å². The van der Waals surface area contributed by atoms with E-state index in [1.807, 2.05) is 5.38 Å². The Kier molecular flexibility index (Phi) is 5.36. The summed E-state index contributed by atoms with van der Waals surface area (Å²) in [7, 11) is 0. The Morgan fingerprint density at radius 1 is 1.47 bits per heavy atom. The summed E-state index contributed by atoms with van der Waals surface area (Å²) in [4.78, 5) is 2.43. The quantitative estimate of drug-likeness (QED) is 0.892. The van der Waals surface area contributed by atoms with E-state index in [1.54, 1.807) is 11.3 Å². The summed E-state index contributed by atoms with van der Waals surface area (Å²) < 4.78 is 0.930. The van der Waals surface area contributed by atoms with Crippen LogP contribution in [-0.2, 0) is 6.54 Å². The van der Waals surface area contributed by atoms with Crippen LogP contribution in [0.2, 0.25) is 4.34 Å².